The second kappa shape index (κ2) is 3.76. The molecule has 0 bridgehead atoms. The highest BCUT2D eigenvalue weighted by Gasteiger charge is 1.82. The van der Waals surface area contributed by atoms with Gasteiger partial charge in [0.2, 0.25) is 0 Å². The number of hydrogen-bond acceptors (Lipinski definition) is 2. The summed E-state index contributed by atoms with van der Waals surface area (Å²) in [6.45, 7) is 0. The van der Waals surface area contributed by atoms with Crippen molar-refractivity contribution < 1.29 is 0 Å². The molecule has 0 N–H and O–H groups in total. The van der Waals surface area contributed by atoms with Crippen LogP contribution in [-0.2, 0) is 0 Å². The molecule has 0 saturated heterocycles. The smallest absolute Gasteiger partial charge is 0.0273 e. The molecule has 0 fully saturated rings. The molecule has 58 valence electrons. The fourth-order valence-corrected chi connectivity index (χ4v) is 0.710. The van der Waals surface area contributed by atoms with Crippen molar-refractivity contribution in [2.24, 2.45) is 0 Å². The Hall–Kier alpha value is -1.31. The summed E-state index contributed by atoms with van der Waals surface area (Å²) in [5, 5.41) is 0. The number of nitrogens with zero attached hydrogens (tertiary/aromatic N) is 2. The first kappa shape index (κ1) is 7.79. The van der Waals surface area contributed by atoms with Crippen molar-refractivity contribution in [1.82, 2.24) is 9.88 Å². The van der Waals surface area contributed by atoms with Crippen LogP contribution >= 0.6 is 0 Å². The van der Waals surface area contributed by atoms with Crippen molar-refractivity contribution in [3.8, 4) is 0 Å². The van der Waals surface area contributed by atoms with Gasteiger partial charge in [0.05, 0.1) is 0 Å². The molecule has 0 aromatic carbocycles. The van der Waals surface area contributed by atoms with Crippen LogP contribution in [0.3, 0.4) is 0 Å². The Morgan fingerprint density at radius 2 is 1.91 bits per heavy atom. The maximum atomic E-state index is 3.92. The van der Waals surface area contributed by atoms with Gasteiger partial charge in [0.25, 0.3) is 0 Å². The van der Waals surface area contributed by atoms with Crippen molar-refractivity contribution in [2.75, 3.05) is 14.1 Å². The molecule has 0 unspecified atom stereocenters. The van der Waals surface area contributed by atoms with Crippen LogP contribution in [-0.4, -0.2) is 24.0 Å². The number of aromatic nitrogens is 1. The number of rotatable bonds is 2. The molecule has 1 aromatic heterocycles. The van der Waals surface area contributed by atoms with E-state index in [1.54, 1.807) is 12.4 Å². The van der Waals surface area contributed by atoms with Crippen molar-refractivity contribution in [2.45, 2.75) is 0 Å². The second-order valence-electron chi connectivity index (χ2n) is 2.56. The number of hydrogen-bond donors (Lipinski definition) is 0. The Morgan fingerprint density at radius 1 is 1.27 bits per heavy atom. The highest BCUT2D eigenvalue weighted by Crippen LogP contribution is 1.98. The van der Waals surface area contributed by atoms with Crippen LogP contribution in [0.4, 0.5) is 0 Å². The van der Waals surface area contributed by atoms with E-state index in [0.717, 1.165) is 0 Å². The molecule has 0 amide bonds. The molecule has 2 nitrogen and oxygen atoms in total. The van der Waals surface area contributed by atoms with Gasteiger partial charge in [-0.1, -0.05) is 0 Å². The van der Waals surface area contributed by atoms with Gasteiger partial charge in [0.1, 0.15) is 0 Å². The second-order valence-corrected chi connectivity index (χ2v) is 2.56. The minimum Gasteiger partial charge on any atom is -0.383 e. The quantitative estimate of drug-likeness (QED) is 0.633. The average Bonchev–Trinajstić information content (AvgIpc) is 2.03. The zero-order chi connectivity index (χ0) is 8.10. The summed E-state index contributed by atoms with van der Waals surface area (Å²) in [5.74, 6) is 0. The lowest BCUT2D eigenvalue weighted by Crippen LogP contribution is -1.99. The molecular weight excluding hydrogens is 136 g/mol. The lowest BCUT2D eigenvalue weighted by Gasteiger charge is -2.02. The van der Waals surface area contributed by atoms with Crippen molar-refractivity contribution in [3.05, 3.63) is 36.3 Å². The van der Waals surface area contributed by atoms with Gasteiger partial charge >= 0.3 is 0 Å². The third kappa shape index (κ3) is 2.85. The van der Waals surface area contributed by atoms with E-state index in [-0.39, 0.29) is 0 Å². The van der Waals surface area contributed by atoms with Gasteiger partial charge in [-0.05, 0) is 30.0 Å². The van der Waals surface area contributed by atoms with E-state index in [4.69, 9.17) is 0 Å². The van der Waals surface area contributed by atoms with E-state index >= 15 is 0 Å². The minimum atomic E-state index is 1.17. The molecule has 0 atom stereocenters. The topological polar surface area (TPSA) is 16.1 Å². The lowest BCUT2D eigenvalue weighted by molar-refractivity contribution is 0.567. The summed E-state index contributed by atoms with van der Waals surface area (Å²) in [4.78, 5) is 5.93. The van der Waals surface area contributed by atoms with Crippen LogP contribution in [0.2, 0.25) is 0 Å². The third-order valence-corrected chi connectivity index (χ3v) is 1.27. The number of pyridine rings is 1. The summed E-state index contributed by atoms with van der Waals surface area (Å²) in [6, 6.07) is 3.94. The molecule has 1 aromatic rings. The van der Waals surface area contributed by atoms with E-state index in [1.807, 2.05) is 43.4 Å². The zero-order valence-corrected chi connectivity index (χ0v) is 6.86. The predicted octanol–water partition coefficient (Wildman–Crippen LogP) is 1.61. The molecular formula is C9H12N2. The van der Waals surface area contributed by atoms with E-state index in [2.05, 4.69) is 4.98 Å². The maximum absolute atomic E-state index is 3.92. The van der Waals surface area contributed by atoms with Gasteiger partial charge in [-0.3, -0.25) is 4.98 Å². The SMILES string of the molecule is CN(C)/C=C/c1ccncc1. The minimum absolute atomic E-state index is 1.17. The van der Waals surface area contributed by atoms with Crippen molar-refractivity contribution >= 4 is 6.08 Å². The van der Waals surface area contributed by atoms with Crippen LogP contribution in [0, 0.1) is 0 Å². The highest BCUT2D eigenvalue weighted by molar-refractivity contribution is 5.47. The summed E-state index contributed by atoms with van der Waals surface area (Å²) in [5.41, 5.74) is 1.17. The van der Waals surface area contributed by atoms with Crippen molar-refractivity contribution in [3.63, 3.8) is 0 Å². The average molecular weight is 148 g/mol. The summed E-state index contributed by atoms with van der Waals surface area (Å²) >= 11 is 0. The molecule has 1 rings (SSSR count). The predicted molar refractivity (Wildman–Crippen MR) is 47.0 cm³/mol. The van der Waals surface area contributed by atoms with E-state index in [0.29, 0.717) is 0 Å². The van der Waals surface area contributed by atoms with Crippen LogP contribution in [0.25, 0.3) is 6.08 Å². The molecule has 0 aliphatic rings. The Bertz CT molecular complexity index is 227. The van der Waals surface area contributed by atoms with E-state index in [1.165, 1.54) is 5.56 Å². The molecule has 11 heavy (non-hydrogen) atoms. The largest absolute Gasteiger partial charge is 0.383 e. The maximum Gasteiger partial charge on any atom is 0.0273 e. The molecule has 0 spiro atoms. The van der Waals surface area contributed by atoms with E-state index in [9.17, 15) is 0 Å². The summed E-state index contributed by atoms with van der Waals surface area (Å²) in [7, 11) is 4.00. The molecule has 0 saturated carbocycles. The molecule has 0 aliphatic heterocycles. The Labute approximate surface area is 67.2 Å². The van der Waals surface area contributed by atoms with Crippen LogP contribution in [0.1, 0.15) is 5.56 Å². The molecule has 2 heteroatoms. The van der Waals surface area contributed by atoms with Gasteiger partial charge in [-0.25, -0.2) is 0 Å². The first-order chi connectivity index (χ1) is 5.29. The normalized spacial score (nSPS) is 10.4. The van der Waals surface area contributed by atoms with Gasteiger partial charge in [0.15, 0.2) is 0 Å². The fraction of sp³-hybridized carbons (Fsp3) is 0.222. The zero-order valence-electron chi connectivity index (χ0n) is 6.86. The first-order valence-electron chi connectivity index (χ1n) is 3.54. The Balaban J connectivity index is 2.65. The lowest BCUT2D eigenvalue weighted by atomic mass is 10.3. The van der Waals surface area contributed by atoms with Gasteiger partial charge in [0, 0.05) is 26.5 Å². The van der Waals surface area contributed by atoms with Crippen LogP contribution in [0.15, 0.2) is 30.7 Å². The summed E-state index contributed by atoms with van der Waals surface area (Å²) in [6.07, 6.45) is 7.63. The standard InChI is InChI=1S/C9H12N2/c1-11(2)8-5-9-3-6-10-7-4-9/h3-8H,1-2H3/b8-5+. The fourth-order valence-electron chi connectivity index (χ4n) is 0.710. The molecule has 0 aliphatic carbocycles. The Kier molecular flexibility index (Phi) is 2.66. The van der Waals surface area contributed by atoms with Crippen LogP contribution < -0.4 is 0 Å². The molecule has 1 heterocycles. The monoisotopic (exact) mass is 148 g/mol. The van der Waals surface area contributed by atoms with Crippen molar-refractivity contribution in [1.29, 1.82) is 0 Å². The van der Waals surface area contributed by atoms with Gasteiger partial charge < -0.3 is 4.90 Å². The van der Waals surface area contributed by atoms with E-state index < -0.39 is 0 Å². The third-order valence-electron chi connectivity index (χ3n) is 1.27. The Morgan fingerprint density at radius 3 is 2.45 bits per heavy atom. The van der Waals surface area contributed by atoms with Crippen LogP contribution in [0.5, 0.6) is 0 Å². The van der Waals surface area contributed by atoms with Gasteiger partial charge in [-0.2, -0.15) is 0 Å². The highest BCUT2D eigenvalue weighted by atomic mass is 15.0. The summed E-state index contributed by atoms with van der Waals surface area (Å²) < 4.78 is 0. The first-order valence-corrected chi connectivity index (χ1v) is 3.54. The molecule has 0 radical (unpaired) electrons. The van der Waals surface area contributed by atoms with Gasteiger partial charge in [-0.15, -0.1) is 0 Å².